The van der Waals surface area contributed by atoms with E-state index >= 15 is 0 Å². The van der Waals surface area contributed by atoms with E-state index in [9.17, 15) is 9.13 Å². The Bertz CT molecular complexity index is 466. The molecule has 2 heterocycles. The lowest BCUT2D eigenvalue weighted by atomic mass is 10.2. The lowest BCUT2D eigenvalue weighted by Crippen LogP contribution is -2.33. The third kappa shape index (κ3) is 4.97. The summed E-state index contributed by atoms with van der Waals surface area (Å²) >= 11 is 0. The fraction of sp³-hybridized carbons (Fsp3) is 0.846. The van der Waals surface area contributed by atoms with Crippen LogP contribution >= 0.6 is 15.5 Å². The molecule has 0 aromatic rings. The van der Waals surface area contributed by atoms with Crippen LogP contribution in [0.1, 0.15) is 26.7 Å². The second-order valence-electron chi connectivity index (χ2n) is 5.34. The van der Waals surface area contributed by atoms with Crippen LogP contribution in [-0.4, -0.2) is 49.8 Å². The molecule has 2 atom stereocenters. The first kappa shape index (κ1) is 20.2. The van der Waals surface area contributed by atoms with Crippen molar-refractivity contribution in [2.45, 2.75) is 38.9 Å². The van der Waals surface area contributed by atoms with Crippen molar-refractivity contribution in [2.75, 3.05) is 33.0 Å². The predicted molar refractivity (Wildman–Crippen MR) is 86.3 cm³/mol. The summed E-state index contributed by atoms with van der Waals surface area (Å²) in [6.07, 6.45) is 2.57. The van der Waals surface area contributed by atoms with Crippen molar-refractivity contribution in [1.29, 1.82) is 0 Å². The second kappa shape index (κ2) is 9.03. The highest BCUT2D eigenvalue weighted by molar-refractivity contribution is 7.66. The number of hydrogen-bond acceptors (Lipinski definition) is 8. The van der Waals surface area contributed by atoms with Gasteiger partial charge in [-0.2, -0.15) is 0 Å². The van der Waals surface area contributed by atoms with Crippen molar-refractivity contribution in [3.05, 3.63) is 12.7 Å². The Morgan fingerprint density at radius 2 is 1.54 bits per heavy atom. The summed E-state index contributed by atoms with van der Waals surface area (Å²) in [6, 6.07) is 0. The first-order chi connectivity index (χ1) is 11.4. The van der Waals surface area contributed by atoms with E-state index in [1.54, 1.807) is 13.8 Å². The Morgan fingerprint density at radius 3 is 2.00 bits per heavy atom. The van der Waals surface area contributed by atoms with Crippen molar-refractivity contribution in [3.63, 3.8) is 0 Å². The zero-order chi connectivity index (χ0) is 17.6. The van der Waals surface area contributed by atoms with Gasteiger partial charge in [0, 0.05) is 11.2 Å². The summed E-state index contributed by atoms with van der Waals surface area (Å²) in [5, 5.41) is 0. The van der Waals surface area contributed by atoms with Crippen LogP contribution < -0.4 is 0 Å². The lowest BCUT2D eigenvalue weighted by molar-refractivity contribution is -0.146. The van der Waals surface area contributed by atoms with Gasteiger partial charge in [0.15, 0.2) is 0 Å². The molecule has 0 radical (unpaired) electrons. The summed E-state index contributed by atoms with van der Waals surface area (Å²) in [4.78, 5) is 5.61. The number of ether oxygens (including phenoxy) is 1. The molecule has 0 aromatic heterocycles. The molecule has 24 heavy (non-hydrogen) atoms. The maximum absolute atomic E-state index is 12.7. The molecule has 0 saturated carbocycles. The molecule has 0 amide bonds. The van der Waals surface area contributed by atoms with Crippen molar-refractivity contribution in [1.82, 2.24) is 4.60 Å². The van der Waals surface area contributed by atoms with Crippen LogP contribution in [0.15, 0.2) is 12.7 Å². The summed E-state index contributed by atoms with van der Waals surface area (Å²) in [5.74, 6) is 0. The van der Waals surface area contributed by atoms with Crippen LogP contribution in [0.2, 0.25) is 0 Å². The monoisotopic (exact) mass is 385 g/mol. The molecule has 140 valence electrons. The Labute approximate surface area is 142 Å². The van der Waals surface area contributed by atoms with E-state index in [0.717, 1.165) is 12.8 Å². The average Bonchev–Trinajstić information content (AvgIpc) is 3.18. The summed E-state index contributed by atoms with van der Waals surface area (Å²) in [5.41, 5.74) is 0. The molecule has 2 fully saturated rings. The SMILES string of the molecule is C=CCCCOC(C)C(C)ON(P1(=O)OCCO1)P1(=O)OCCO1. The lowest BCUT2D eigenvalue weighted by Gasteiger charge is -2.31. The van der Waals surface area contributed by atoms with Gasteiger partial charge in [-0.15, -0.1) is 6.58 Å². The van der Waals surface area contributed by atoms with Crippen molar-refractivity contribution in [2.24, 2.45) is 0 Å². The molecule has 2 rings (SSSR count). The highest BCUT2D eigenvalue weighted by Crippen LogP contribution is 2.71. The minimum Gasteiger partial charge on any atom is -0.376 e. The maximum atomic E-state index is 12.7. The summed E-state index contributed by atoms with van der Waals surface area (Å²) in [6.45, 7) is 8.12. The van der Waals surface area contributed by atoms with Gasteiger partial charge in [0.1, 0.15) is 6.10 Å². The zero-order valence-electron chi connectivity index (χ0n) is 14.0. The Kier molecular flexibility index (Phi) is 7.61. The van der Waals surface area contributed by atoms with E-state index in [1.807, 2.05) is 6.08 Å². The third-order valence-electron chi connectivity index (χ3n) is 3.46. The highest BCUT2D eigenvalue weighted by Gasteiger charge is 2.54. The molecular formula is C13H25NO8P2. The van der Waals surface area contributed by atoms with Crippen molar-refractivity contribution >= 4 is 15.5 Å². The van der Waals surface area contributed by atoms with E-state index in [2.05, 4.69) is 6.58 Å². The van der Waals surface area contributed by atoms with Crippen LogP contribution in [0.5, 0.6) is 0 Å². The first-order valence-corrected chi connectivity index (χ1v) is 10.9. The Morgan fingerprint density at radius 1 is 1.04 bits per heavy atom. The van der Waals surface area contributed by atoms with Crippen molar-refractivity contribution in [3.8, 4) is 0 Å². The topological polar surface area (TPSA) is 92.8 Å². The van der Waals surface area contributed by atoms with Gasteiger partial charge >= 0.3 is 15.5 Å². The van der Waals surface area contributed by atoms with Gasteiger partial charge in [-0.25, -0.2) is 9.13 Å². The normalized spacial score (nSPS) is 25.0. The highest BCUT2D eigenvalue weighted by atomic mass is 31.3. The van der Waals surface area contributed by atoms with E-state index in [0.29, 0.717) is 11.2 Å². The Balaban J connectivity index is 2.01. The van der Waals surface area contributed by atoms with Gasteiger partial charge in [-0.3, -0.25) is 22.9 Å². The maximum Gasteiger partial charge on any atom is 0.441 e. The van der Waals surface area contributed by atoms with E-state index < -0.39 is 21.6 Å². The smallest absolute Gasteiger partial charge is 0.376 e. The summed E-state index contributed by atoms with van der Waals surface area (Å²) < 4.78 is 52.3. The minimum absolute atomic E-state index is 0.110. The van der Waals surface area contributed by atoms with E-state index in [4.69, 9.17) is 27.7 Å². The van der Waals surface area contributed by atoms with Gasteiger partial charge < -0.3 is 4.74 Å². The van der Waals surface area contributed by atoms with Crippen LogP contribution in [0, 0.1) is 0 Å². The number of rotatable bonds is 10. The van der Waals surface area contributed by atoms with Crippen molar-refractivity contribution < 1.29 is 36.8 Å². The molecule has 0 aromatic carbocycles. The molecule has 11 heteroatoms. The average molecular weight is 385 g/mol. The van der Waals surface area contributed by atoms with Gasteiger partial charge in [-0.1, -0.05) is 6.08 Å². The van der Waals surface area contributed by atoms with Crippen LogP contribution in [0.25, 0.3) is 0 Å². The minimum atomic E-state index is -3.90. The Hall–Kier alpha value is -0.0800. The molecule has 2 saturated heterocycles. The van der Waals surface area contributed by atoms with Gasteiger partial charge in [-0.05, 0) is 26.7 Å². The second-order valence-corrected chi connectivity index (χ2v) is 9.29. The fourth-order valence-corrected chi connectivity index (χ4v) is 5.99. The molecule has 0 N–H and O–H groups in total. The fourth-order valence-electron chi connectivity index (χ4n) is 2.00. The van der Waals surface area contributed by atoms with E-state index in [1.165, 1.54) is 0 Å². The number of nitrogens with zero attached hydrogens (tertiary/aromatic N) is 1. The van der Waals surface area contributed by atoms with Gasteiger partial charge in [0.2, 0.25) is 0 Å². The largest absolute Gasteiger partial charge is 0.441 e. The molecular weight excluding hydrogens is 360 g/mol. The van der Waals surface area contributed by atoms with Crippen LogP contribution in [-0.2, 0) is 36.8 Å². The predicted octanol–water partition coefficient (Wildman–Crippen LogP) is 3.29. The number of allylic oxidation sites excluding steroid dienone is 1. The van der Waals surface area contributed by atoms with E-state index in [-0.39, 0.29) is 32.5 Å². The summed E-state index contributed by atoms with van der Waals surface area (Å²) in [7, 11) is -7.79. The molecule has 0 bridgehead atoms. The number of hydrogen-bond donors (Lipinski definition) is 0. The molecule has 9 nitrogen and oxygen atoms in total. The third-order valence-corrected chi connectivity index (χ3v) is 7.84. The molecule has 2 aliphatic heterocycles. The zero-order valence-corrected chi connectivity index (χ0v) is 15.8. The van der Waals surface area contributed by atoms with Crippen LogP contribution in [0.4, 0.5) is 0 Å². The molecule has 0 aliphatic carbocycles. The first-order valence-electron chi connectivity index (χ1n) is 7.90. The van der Waals surface area contributed by atoms with Gasteiger partial charge in [0.05, 0.1) is 32.5 Å². The van der Waals surface area contributed by atoms with Gasteiger partial charge in [0.25, 0.3) is 0 Å². The molecule has 0 spiro atoms. The van der Waals surface area contributed by atoms with Crippen LogP contribution in [0.3, 0.4) is 0 Å². The standard InChI is InChI=1S/C13H25NO8P2/c1-4-5-6-7-17-12(2)13(3)22-14(23(15)18-8-9-19-23)24(16)20-10-11-21-24/h4,12-13H,1,5-11H2,2-3H3. The number of unbranched alkanes of at least 4 members (excludes halogenated alkanes) is 1. The quantitative estimate of drug-likeness (QED) is 0.243. The molecule has 2 unspecified atom stereocenters. The molecule has 2 aliphatic rings.